The highest BCUT2D eigenvalue weighted by Gasteiger charge is 2.38. The number of hydrogen-bond donors (Lipinski definition) is 0. The van der Waals surface area contributed by atoms with Gasteiger partial charge in [-0.25, -0.2) is 0 Å². The van der Waals surface area contributed by atoms with Crippen molar-refractivity contribution in [3.63, 3.8) is 0 Å². The van der Waals surface area contributed by atoms with Crippen molar-refractivity contribution >= 4 is 31.9 Å². The monoisotopic (exact) mass is 376 g/mol. The van der Waals surface area contributed by atoms with Crippen molar-refractivity contribution in [1.82, 2.24) is 0 Å². The fraction of sp³-hybridized carbons (Fsp3) is 0.176. The predicted octanol–water partition coefficient (Wildman–Crippen LogP) is 5.33. The number of allylic oxidation sites excluding steroid dienone is 1. The van der Waals surface area contributed by atoms with Crippen LogP contribution in [-0.2, 0) is 17.2 Å². The van der Waals surface area contributed by atoms with Crippen LogP contribution in [0.3, 0.4) is 0 Å². The maximum atomic E-state index is 4.16. The van der Waals surface area contributed by atoms with E-state index in [1.165, 1.54) is 22.3 Å². The fourth-order valence-corrected chi connectivity index (χ4v) is 4.06. The summed E-state index contributed by atoms with van der Waals surface area (Å²) in [7, 11) is 0. The Hall–Kier alpha value is -0.860. The maximum Gasteiger partial charge on any atom is 0.107 e. The van der Waals surface area contributed by atoms with Gasteiger partial charge in [0.2, 0.25) is 0 Å². The van der Waals surface area contributed by atoms with Gasteiger partial charge in [-0.15, -0.1) is 0 Å². The zero-order chi connectivity index (χ0) is 13.5. The highest BCUT2D eigenvalue weighted by atomic mass is 79.9. The number of rotatable bonds is 1. The van der Waals surface area contributed by atoms with Crippen LogP contribution in [0.1, 0.15) is 22.3 Å². The Bertz CT molecular complexity index is 596. The van der Waals surface area contributed by atoms with Crippen LogP contribution in [0.5, 0.6) is 0 Å². The van der Waals surface area contributed by atoms with Crippen molar-refractivity contribution in [2.45, 2.75) is 17.2 Å². The van der Waals surface area contributed by atoms with Gasteiger partial charge in [0.25, 0.3) is 0 Å². The molecule has 0 amide bonds. The molecule has 2 aromatic rings. The minimum Gasteiger partial charge on any atom is -0.0867 e. The van der Waals surface area contributed by atoms with Gasteiger partial charge >= 0.3 is 0 Å². The lowest BCUT2D eigenvalue weighted by molar-refractivity contribution is 0.942. The van der Waals surface area contributed by atoms with Crippen LogP contribution in [0.25, 0.3) is 0 Å². The molecule has 19 heavy (non-hydrogen) atoms. The van der Waals surface area contributed by atoms with Gasteiger partial charge in [0.15, 0.2) is 0 Å². The van der Waals surface area contributed by atoms with E-state index >= 15 is 0 Å². The molecule has 0 N–H and O–H groups in total. The van der Waals surface area contributed by atoms with Crippen molar-refractivity contribution in [2.24, 2.45) is 0 Å². The molecule has 3 rings (SSSR count). The van der Waals surface area contributed by atoms with E-state index < -0.39 is 0 Å². The molecule has 0 radical (unpaired) electrons. The normalized spacial score (nSPS) is 16.1. The summed E-state index contributed by atoms with van der Waals surface area (Å²) >= 11 is 7.59. The van der Waals surface area contributed by atoms with Crippen LogP contribution in [0.15, 0.2) is 59.6 Å². The maximum absolute atomic E-state index is 4.16. The molecule has 0 saturated carbocycles. The van der Waals surface area contributed by atoms with Crippen LogP contribution < -0.4 is 0 Å². The molecule has 1 aliphatic carbocycles. The third-order valence-electron chi connectivity index (χ3n) is 3.81. The fourth-order valence-electron chi connectivity index (χ4n) is 2.86. The molecule has 0 unspecified atom stereocenters. The van der Waals surface area contributed by atoms with Crippen LogP contribution in [0.2, 0.25) is 0 Å². The summed E-state index contributed by atoms with van der Waals surface area (Å²) in [5.41, 5.74) is 5.36. The van der Waals surface area contributed by atoms with E-state index in [4.69, 9.17) is 0 Å². The average Bonchev–Trinajstić information content (AvgIpc) is 2.56. The van der Waals surface area contributed by atoms with Gasteiger partial charge in [0.1, 0.15) is 4.32 Å². The van der Waals surface area contributed by atoms with Crippen molar-refractivity contribution in [3.8, 4) is 0 Å². The first-order chi connectivity index (χ1) is 9.14. The molecule has 1 aliphatic rings. The van der Waals surface area contributed by atoms with Crippen molar-refractivity contribution in [3.05, 3.63) is 81.8 Å². The van der Waals surface area contributed by atoms with Crippen molar-refractivity contribution in [1.29, 1.82) is 0 Å². The first-order valence-electron chi connectivity index (χ1n) is 6.34. The Morgan fingerprint density at radius 1 is 0.895 bits per heavy atom. The Labute approximate surface area is 130 Å². The summed E-state index contributed by atoms with van der Waals surface area (Å²) in [6, 6.07) is 17.2. The standard InChI is InChI=1S/C17H14Br2/c1-12(18)17(19)15-8-4-2-6-13(15)10-11-14-7-3-5-9-16(14)17/h2-9H,1,10-11H2. The largest absolute Gasteiger partial charge is 0.107 e. The van der Waals surface area contributed by atoms with Crippen molar-refractivity contribution < 1.29 is 0 Å². The molecular weight excluding hydrogens is 364 g/mol. The Balaban J connectivity index is 2.35. The molecular formula is C17H14Br2. The van der Waals surface area contributed by atoms with Gasteiger partial charge in [-0.2, -0.15) is 0 Å². The van der Waals surface area contributed by atoms with Crippen LogP contribution in [-0.4, -0.2) is 0 Å². The van der Waals surface area contributed by atoms with Crippen LogP contribution in [0.4, 0.5) is 0 Å². The minimum atomic E-state index is -0.337. The lowest BCUT2D eigenvalue weighted by atomic mass is 9.88. The van der Waals surface area contributed by atoms with Gasteiger partial charge in [-0.05, 0) is 35.1 Å². The zero-order valence-electron chi connectivity index (χ0n) is 10.5. The first-order valence-corrected chi connectivity index (χ1v) is 7.93. The molecule has 0 atom stereocenters. The molecule has 0 aliphatic heterocycles. The first kappa shape index (κ1) is 13.1. The molecule has 2 aromatic carbocycles. The van der Waals surface area contributed by atoms with E-state index in [2.05, 4.69) is 87.0 Å². The number of fused-ring (bicyclic) bond motifs is 2. The summed E-state index contributed by atoms with van der Waals surface area (Å²) in [4.78, 5) is 0. The van der Waals surface area contributed by atoms with Gasteiger partial charge in [0.05, 0.1) is 0 Å². The Morgan fingerprint density at radius 3 is 1.74 bits per heavy atom. The molecule has 0 nitrogen and oxygen atoms in total. The third kappa shape index (κ3) is 2.02. The molecule has 0 bridgehead atoms. The molecule has 0 aromatic heterocycles. The summed E-state index contributed by atoms with van der Waals surface area (Å²) in [6.45, 7) is 4.16. The topological polar surface area (TPSA) is 0 Å². The highest BCUT2D eigenvalue weighted by Crippen LogP contribution is 2.50. The number of alkyl halides is 1. The quantitative estimate of drug-likeness (QED) is 0.589. The molecule has 0 heterocycles. The minimum absolute atomic E-state index is 0.337. The summed E-state index contributed by atoms with van der Waals surface area (Å²) < 4.78 is 0.609. The van der Waals surface area contributed by atoms with E-state index in [0.717, 1.165) is 17.3 Å². The number of hydrogen-bond acceptors (Lipinski definition) is 0. The Morgan fingerprint density at radius 2 is 1.32 bits per heavy atom. The lowest BCUT2D eigenvalue weighted by Gasteiger charge is -2.30. The van der Waals surface area contributed by atoms with Gasteiger partial charge in [-0.1, -0.05) is 87.0 Å². The third-order valence-corrected chi connectivity index (χ3v) is 6.27. The summed E-state index contributed by atoms with van der Waals surface area (Å²) in [5, 5.41) is 0. The van der Waals surface area contributed by atoms with Gasteiger partial charge < -0.3 is 0 Å². The summed E-state index contributed by atoms with van der Waals surface area (Å²) in [6.07, 6.45) is 2.14. The van der Waals surface area contributed by atoms with E-state index in [1.807, 2.05) is 0 Å². The number of halogens is 2. The number of aryl methyl sites for hydroxylation is 2. The average molecular weight is 378 g/mol. The SMILES string of the molecule is C=C(Br)C1(Br)c2ccccc2CCc2ccccc21. The van der Waals surface area contributed by atoms with Crippen LogP contribution in [0, 0.1) is 0 Å². The van der Waals surface area contributed by atoms with Crippen molar-refractivity contribution in [2.75, 3.05) is 0 Å². The van der Waals surface area contributed by atoms with E-state index in [-0.39, 0.29) is 4.32 Å². The second-order valence-electron chi connectivity index (χ2n) is 4.88. The van der Waals surface area contributed by atoms with Crippen LogP contribution >= 0.6 is 31.9 Å². The second kappa shape index (κ2) is 4.92. The Kier molecular flexibility index (Phi) is 3.40. The predicted molar refractivity (Wildman–Crippen MR) is 88.1 cm³/mol. The molecule has 0 saturated heterocycles. The molecule has 2 heteroatoms. The van der Waals surface area contributed by atoms with Gasteiger partial charge in [0, 0.05) is 4.48 Å². The molecule has 96 valence electrons. The summed E-state index contributed by atoms with van der Waals surface area (Å²) in [5.74, 6) is 0. The van der Waals surface area contributed by atoms with E-state index in [0.29, 0.717) is 0 Å². The smallest absolute Gasteiger partial charge is 0.0867 e. The second-order valence-corrected chi connectivity index (χ2v) is 7.02. The van der Waals surface area contributed by atoms with E-state index in [1.54, 1.807) is 0 Å². The number of benzene rings is 2. The van der Waals surface area contributed by atoms with E-state index in [9.17, 15) is 0 Å². The highest BCUT2D eigenvalue weighted by molar-refractivity contribution is 9.14. The van der Waals surface area contributed by atoms with Gasteiger partial charge in [-0.3, -0.25) is 0 Å². The molecule has 0 spiro atoms. The zero-order valence-corrected chi connectivity index (χ0v) is 13.7. The lowest BCUT2D eigenvalue weighted by Crippen LogP contribution is -2.21. The molecule has 0 fully saturated rings.